The molecule has 1 saturated heterocycles. The second-order valence-electron chi connectivity index (χ2n) is 7.52. The first-order valence-corrected chi connectivity index (χ1v) is 14.1. The van der Waals surface area contributed by atoms with Gasteiger partial charge in [-0.2, -0.15) is 0 Å². The maximum absolute atomic E-state index is 13.3. The zero-order chi connectivity index (χ0) is 29.3. The number of carboxylic acid groups (broad SMARTS) is 3. The first kappa shape index (κ1) is 34.4. The monoisotopic (exact) mass is 613 g/mol. The topological polar surface area (TPSA) is 279 Å². The summed E-state index contributed by atoms with van der Waals surface area (Å²) in [5.74, 6) is -5.22. The minimum atomic E-state index is -4.20. The second-order valence-corrected chi connectivity index (χ2v) is 11.8. The lowest BCUT2D eigenvalue weighted by atomic mass is 9.96. The van der Waals surface area contributed by atoms with Gasteiger partial charge in [-0.15, -0.1) is 13.6 Å². The molecule has 38 heavy (non-hydrogen) atoms. The van der Waals surface area contributed by atoms with Gasteiger partial charge in [0.05, 0.1) is 6.61 Å². The molecule has 1 fully saturated rings. The number of rotatable bonds is 18. The fourth-order valence-corrected chi connectivity index (χ4v) is 7.85. The van der Waals surface area contributed by atoms with Gasteiger partial charge in [-0.1, -0.05) is 13.3 Å². The van der Waals surface area contributed by atoms with Gasteiger partial charge >= 0.3 is 58.0 Å². The normalized spacial score (nSPS) is 30.4. The number of carbonyl (C=O) groups is 3. The molecule has 0 aromatic carbocycles. The average molecular weight is 613 g/mol. The molecule has 0 aliphatic carbocycles. The molecule has 0 radical (unpaired) electrons. The van der Waals surface area contributed by atoms with E-state index in [0.29, 0.717) is 12.8 Å². The zero-order valence-corrected chi connectivity index (χ0v) is 22.7. The maximum atomic E-state index is 13.3. The van der Waals surface area contributed by atoms with Crippen LogP contribution in [0.25, 0.3) is 0 Å². The Morgan fingerprint density at radius 2 is 1.26 bits per heavy atom. The smallest absolute Gasteiger partial charge is 0.479 e. The van der Waals surface area contributed by atoms with Crippen LogP contribution in [0.15, 0.2) is 0 Å². The molecule has 6 N–H and O–H groups in total. The Bertz CT molecular complexity index is 930. The van der Waals surface area contributed by atoms with Crippen molar-refractivity contribution in [2.24, 2.45) is 0 Å². The Labute approximate surface area is 217 Å². The molecule has 1 rings (SSSR count). The molecule has 0 aromatic rings. The molecule has 3 unspecified atom stereocenters. The fourth-order valence-electron chi connectivity index (χ4n) is 3.17. The molecule has 18 nitrogen and oxygen atoms in total. The van der Waals surface area contributed by atoms with Crippen molar-refractivity contribution in [1.29, 1.82) is 0 Å². The third kappa shape index (κ3) is 7.10. The van der Waals surface area contributed by atoms with Gasteiger partial charge in [0.1, 0.15) is 0 Å². The summed E-state index contributed by atoms with van der Waals surface area (Å²) in [5.41, 5.74) is 0. The minimum absolute atomic E-state index is 0.00279. The van der Waals surface area contributed by atoms with E-state index in [1.165, 1.54) is 0 Å². The molecule has 1 heterocycles. The van der Waals surface area contributed by atoms with Crippen molar-refractivity contribution in [3.8, 4) is 0 Å². The molecule has 0 saturated carbocycles. The van der Waals surface area contributed by atoms with E-state index < -0.39 is 96.8 Å². The lowest BCUT2D eigenvalue weighted by Gasteiger charge is -2.43. The van der Waals surface area contributed by atoms with E-state index in [2.05, 4.69) is 13.6 Å². The molecular weight excluding hydrogens is 585 g/mol. The minimum Gasteiger partial charge on any atom is -0.479 e. The Morgan fingerprint density at radius 3 is 1.68 bits per heavy atom. The second kappa shape index (κ2) is 14.7. The van der Waals surface area contributed by atoms with Crippen LogP contribution in [0.3, 0.4) is 0 Å². The van der Waals surface area contributed by atoms with E-state index in [0.717, 1.165) is 7.11 Å². The highest BCUT2D eigenvalue weighted by atomic mass is 31.1. The van der Waals surface area contributed by atoms with Crippen molar-refractivity contribution < 1.29 is 86.5 Å². The molecule has 21 heteroatoms. The van der Waals surface area contributed by atoms with E-state index >= 15 is 0 Å². The van der Waals surface area contributed by atoms with Crippen LogP contribution in [0.2, 0.25) is 0 Å². The van der Waals surface area contributed by atoms with Crippen LogP contribution < -0.4 is 0 Å². The van der Waals surface area contributed by atoms with Crippen LogP contribution in [-0.2, 0) is 55.9 Å². The van der Waals surface area contributed by atoms with Crippen molar-refractivity contribution in [1.82, 2.24) is 0 Å². The maximum Gasteiger partial charge on any atom is 0.561 e. The van der Waals surface area contributed by atoms with Crippen molar-refractivity contribution in [2.75, 3.05) is 40.1 Å². The number of aliphatic carboxylic acids is 3. The Kier molecular flexibility index (Phi) is 13.3. The summed E-state index contributed by atoms with van der Waals surface area (Å²) in [5, 5.41) is 49.8. The van der Waals surface area contributed by atoms with E-state index in [-0.39, 0.29) is 6.61 Å². The van der Waals surface area contributed by atoms with Crippen molar-refractivity contribution in [2.45, 2.75) is 48.2 Å². The van der Waals surface area contributed by atoms with Crippen LogP contribution in [0.4, 0.5) is 0 Å². The number of hydrogen-bond donors (Lipinski definition) is 6. The molecule has 0 bridgehead atoms. The first-order chi connectivity index (χ1) is 17.6. The van der Waals surface area contributed by atoms with Crippen molar-refractivity contribution in [3.05, 3.63) is 0 Å². The van der Waals surface area contributed by atoms with Gasteiger partial charge in [0.25, 0.3) is 0 Å². The van der Waals surface area contributed by atoms with Crippen LogP contribution in [-0.4, -0.2) is 117 Å². The van der Waals surface area contributed by atoms with Crippen molar-refractivity contribution >= 4 is 42.0 Å². The molecule has 0 spiro atoms. The van der Waals surface area contributed by atoms with Crippen LogP contribution >= 0.6 is 24.1 Å². The predicted octanol–water partition coefficient (Wildman–Crippen LogP) is -0.229. The Balaban J connectivity index is 3.87. The van der Waals surface area contributed by atoms with Gasteiger partial charge in [-0.05, 0) is 20.1 Å². The summed E-state index contributed by atoms with van der Waals surface area (Å²) in [6, 6.07) is 0. The van der Waals surface area contributed by atoms with Gasteiger partial charge in [-0.25, -0.2) is 14.4 Å². The quantitative estimate of drug-likeness (QED) is 0.0860. The highest BCUT2D eigenvalue weighted by molar-refractivity contribution is 7.49. The lowest BCUT2D eigenvalue weighted by molar-refractivity contribution is -0.337. The number of unbranched alkanes of at least 4 members (excludes halogenated alkanes) is 1. The van der Waals surface area contributed by atoms with Gasteiger partial charge in [0.15, 0.2) is 25.9 Å². The third-order valence-electron chi connectivity index (χ3n) is 4.95. The SMILES string of the molecule is CCCCOC[C@H]1O[C@H](OC)[C@@](O)([P+](=O)OCC(=O)O)[C@](O)([P+](=O)OCC(=O)O)[C@@]1(O)[P+](=O)OCC(=O)O. The Morgan fingerprint density at radius 1 is 0.816 bits per heavy atom. The van der Waals surface area contributed by atoms with Gasteiger partial charge in [-0.3, -0.25) is 0 Å². The van der Waals surface area contributed by atoms with E-state index in [4.69, 9.17) is 29.5 Å². The van der Waals surface area contributed by atoms with E-state index in [1.54, 1.807) is 6.92 Å². The summed E-state index contributed by atoms with van der Waals surface area (Å²) >= 11 is 0. The lowest BCUT2D eigenvalue weighted by Crippen LogP contribution is -2.77. The van der Waals surface area contributed by atoms with E-state index in [1.807, 2.05) is 0 Å². The number of aliphatic hydroxyl groups is 3. The van der Waals surface area contributed by atoms with Crippen LogP contribution in [0.5, 0.6) is 0 Å². The number of ether oxygens (including phenoxy) is 3. The summed E-state index contributed by atoms with van der Waals surface area (Å²) < 4.78 is 68.7. The molecule has 0 amide bonds. The number of hydrogen-bond acceptors (Lipinski definition) is 15. The standard InChI is InChI=1S/C17H25O18P3/c1-3-4-5-31-6-10-15(24,36(27)32-7-11(18)19)17(26,38(29)34-9-13(22)23)16(25,14(30-2)35-10)37(28)33-8-12(20)21/h10,14,24-26H,3-9H2,1-2H3/p+3/t10-,14+,15+,16-,17-/m1/s1. The molecule has 0 aromatic heterocycles. The first-order valence-electron chi connectivity index (χ1n) is 10.5. The zero-order valence-electron chi connectivity index (χ0n) is 20.0. The largest absolute Gasteiger partial charge is 0.561 e. The molecule has 8 atom stereocenters. The van der Waals surface area contributed by atoms with Crippen LogP contribution in [0, 0.1) is 0 Å². The molecular formula is C17H28O18P3+3. The highest BCUT2D eigenvalue weighted by Gasteiger charge is 3.00. The molecule has 216 valence electrons. The summed E-state index contributed by atoms with van der Waals surface area (Å²) in [6.07, 6.45) is -3.46. The summed E-state index contributed by atoms with van der Waals surface area (Å²) in [4.78, 5) is 32.9. The van der Waals surface area contributed by atoms with Gasteiger partial charge < -0.3 is 44.8 Å². The molecule has 1 aliphatic heterocycles. The average Bonchev–Trinajstić information content (AvgIpc) is 2.86. The molecule has 1 aliphatic rings. The van der Waals surface area contributed by atoms with Gasteiger partial charge in [0, 0.05) is 13.7 Å². The number of carboxylic acids is 3. The summed E-state index contributed by atoms with van der Waals surface area (Å²) in [6.45, 7) is -3.22. The Hall–Kier alpha value is -1.65. The fraction of sp³-hybridized carbons (Fsp3) is 0.824. The van der Waals surface area contributed by atoms with Crippen LogP contribution in [0.1, 0.15) is 19.8 Å². The summed E-state index contributed by atoms with van der Waals surface area (Å²) in [7, 11) is -11.4. The predicted molar refractivity (Wildman–Crippen MR) is 120 cm³/mol. The highest BCUT2D eigenvalue weighted by Crippen LogP contribution is 2.70. The van der Waals surface area contributed by atoms with Crippen molar-refractivity contribution in [3.63, 3.8) is 0 Å². The van der Waals surface area contributed by atoms with Gasteiger partial charge in [0.2, 0.25) is 6.29 Å². The number of methoxy groups -OCH3 is 1. The third-order valence-corrected chi connectivity index (χ3v) is 9.87. The van der Waals surface area contributed by atoms with E-state index in [9.17, 15) is 43.4 Å².